The van der Waals surface area contributed by atoms with E-state index in [1.54, 1.807) is 6.26 Å². The molecule has 1 amide bonds. The number of rotatable bonds is 8. The molecule has 3 aromatic rings. The fourth-order valence-corrected chi connectivity index (χ4v) is 7.43. The van der Waals surface area contributed by atoms with Crippen molar-refractivity contribution < 1.29 is 9.00 Å². The molecule has 1 saturated heterocycles. The molecule has 3 atom stereocenters. The van der Waals surface area contributed by atoms with Crippen LogP contribution in [-0.2, 0) is 10.8 Å². The maximum atomic E-state index is 13.3. The second-order valence-electron chi connectivity index (χ2n) is 10.3. The lowest BCUT2D eigenvalue weighted by Crippen LogP contribution is -2.36. The highest BCUT2D eigenvalue weighted by atomic mass is 35.5. The summed E-state index contributed by atoms with van der Waals surface area (Å²) in [5.41, 5.74) is 4.25. The standard InChI is InChI=1S/C31H34Cl2N2O2S.ClH/c1-3-35-30(25-9-4-5-10-26(25)31(35)36)24(22-12-13-27(32)28(33)20-22)16-19-34-17-14-21(15-18-34)23-8-6-7-11-29(23)38(2)37;/h4-13,20-21,24,30H,3,14-19H2,1-2H3;1H/t24-,30+,38?;/m0./s1. The summed E-state index contributed by atoms with van der Waals surface area (Å²) >= 11 is 12.8. The largest absolute Gasteiger partial charge is 0.331 e. The minimum Gasteiger partial charge on any atom is -0.331 e. The van der Waals surface area contributed by atoms with Crippen molar-refractivity contribution in [3.8, 4) is 0 Å². The monoisotopic (exact) mass is 604 g/mol. The average Bonchev–Trinajstić information content (AvgIpc) is 3.22. The summed E-state index contributed by atoms with van der Waals surface area (Å²) in [7, 11) is -0.979. The molecular formula is C31H35Cl3N2O2S. The zero-order chi connectivity index (χ0) is 26.8. The Balaban J connectivity index is 0.00000353. The normalized spacial score (nSPS) is 19.4. The molecule has 0 bridgehead atoms. The van der Waals surface area contributed by atoms with Crippen molar-refractivity contribution in [3.05, 3.63) is 99.0 Å². The van der Waals surface area contributed by atoms with E-state index in [1.165, 1.54) is 5.56 Å². The van der Waals surface area contributed by atoms with Gasteiger partial charge in [0, 0.05) is 29.2 Å². The number of carbonyl (C=O) groups is 1. The number of hydrogen-bond acceptors (Lipinski definition) is 3. The van der Waals surface area contributed by atoms with Gasteiger partial charge in [-0.2, -0.15) is 0 Å². The smallest absolute Gasteiger partial charge is 0.254 e. The molecule has 0 spiro atoms. The Bertz CT molecular complexity index is 1340. The molecule has 2 aliphatic heterocycles. The van der Waals surface area contributed by atoms with E-state index in [9.17, 15) is 9.00 Å². The van der Waals surface area contributed by atoms with Crippen molar-refractivity contribution >= 4 is 52.3 Å². The van der Waals surface area contributed by atoms with Crippen LogP contribution in [0, 0.1) is 0 Å². The average molecular weight is 606 g/mol. The number of likely N-dealkylation sites (tertiary alicyclic amines) is 1. The second kappa shape index (κ2) is 13.2. The van der Waals surface area contributed by atoms with Crippen LogP contribution < -0.4 is 0 Å². The van der Waals surface area contributed by atoms with Crippen LogP contribution in [-0.4, -0.2) is 52.4 Å². The number of likely N-dealkylation sites (N-methyl/N-ethyl adjacent to an activating group) is 1. The van der Waals surface area contributed by atoms with Crippen molar-refractivity contribution in [2.75, 3.05) is 32.4 Å². The first-order valence-electron chi connectivity index (χ1n) is 13.4. The van der Waals surface area contributed by atoms with Crippen molar-refractivity contribution in [2.24, 2.45) is 0 Å². The summed E-state index contributed by atoms with van der Waals surface area (Å²) in [6.45, 7) is 5.64. The molecule has 1 unspecified atom stereocenters. The molecular weight excluding hydrogens is 571 g/mol. The zero-order valence-corrected chi connectivity index (χ0v) is 25.5. The van der Waals surface area contributed by atoms with Crippen LogP contribution in [0.25, 0.3) is 0 Å². The summed E-state index contributed by atoms with van der Waals surface area (Å²) in [6, 6.07) is 22.0. The minimum atomic E-state index is -0.979. The first-order chi connectivity index (χ1) is 18.4. The summed E-state index contributed by atoms with van der Waals surface area (Å²) in [4.78, 5) is 18.8. The van der Waals surface area contributed by atoms with Gasteiger partial charge < -0.3 is 9.80 Å². The van der Waals surface area contributed by atoms with Crippen LogP contribution in [0.4, 0.5) is 0 Å². The number of halogens is 3. The van der Waals surface area contributed by atoms with Crippen LogP contribution in [0.5, 0.6) is 0 Å². The molecule has 208 valence electrons. The van der Waals surface area contributed by atoms with Crippen molar-refractivity contribution in [2.45, 2.75) is 49.0 Å². The molecule has 0 N–H and O–H groups in total. The van der Waals surface area contributed by atoms with E-state index in [-0.39, 0.29) is 30.3 Å². The lowest BCUT2D eigenvalue weighted by Gasteiger charge is -2.36. The Hall–Kier alpha value is -1.89. The lowest BCUT2D eigenvalue weighted by molar-refractivity contribution is 0.0703. The van der Waals surface area contributed by atoms with Gasteiger partial charge in [-0.05, 0) is 92.7 Å². The number of fused-ring (bicyclic) bond motifs is 1. The molecule has 1 fully saturated rings. The van der Waals surface area contributed by atoms with Crippen molar-refractivity contribution in [3.63, 3.8) is 0 Å². The van der Waals surface area contributed by atoms with Gasteiger partial charge in [-0.15, -0.1) is 12.4 Å². The number of amides is 1. The number of hydrogen-bond donors (Lipinski definition) is 0. The van der Waals surface area contributed by atoms with Gasteiger partial charge in [-0.3, -0.25) is 9.00 Å². The van der Waals surface area contributed by atoms with Gasteiger partial charge in [0.25, 0.3) is 5.91 Å². The van der Waals surface area contributed by atoms with Crippen molar-refractivity contribution in [1.82, 2.24) is 9.80 Å². The Morgan fingerprint density at radius 1 is 0.949 bits per heavy atom. The predicted octanol–water partition coefficient (Wildman–Crippen LogP) is 7.72. The van der Waals surface area contributed by atoms with Gasteiger partial charge in [0.15, 0.2) is 0 Å². The van der Waals surface area contributed by atoms with Crippen LogP contribution in [0.3, 0.4) is 0 Å². The summed E-state index contributed by atoms with van der Waals surface area (Å²) < 4.78 is 12.3. The summed E-state index contributed by atoms with van der Waals surface area (Å²) in [6.07, 6.45) is 4.78. The molecule has 8 heteroatoms. The number of piperidine rings is 1. The van der Waals surface area contributed by atoms with E-state index in [1.807, 2.05) is 47.4 Å². The van der Waals surface area contributed by atoms with E-state index in [4.69, 9.17) is 23.2 Å². The van der Waals surface area contributed by atoms with Gasteiger partial charge in [-0.25, -0.2) is 0 Å². The molecule has 2 aliphatic rings. The lowest BCUT2D eigenvalue weighted by atomic mass is 9.83. The molecule has 4 nitrogen and oxygen atoms in total. The topological polar surface area (TPSA) is 40.6 Å². The van der Waals surface area contributed by atoms with Gasteiger partial charge in [0.1, 0.15) is 0 Å². The van der Waals surface area contributed by atoms with E-state index in [0.717, 1.165) is 60.5 Å². The fraction of sp³-hybridized carbons (Fsp3) is 0.387. The molecule has 0 aliphatic carbocycles. The molecule has 0 aromatic heterocycles. The van der Waals surface area contributed by atoms with Crippen LogP contribution in [0.2, 0.25) is 10.0 Å². The van der Waals surface area contributed by atoms with Crippen LogP contribution in [0.1, 0.15) is 71.1 Å². The number of benzene rings is 3. The highest BCUT2D eigenvalue weighted by Crippen LogP contribution is 2.45. The predicted molar refractivity (Wildman–Crippen MR) is 164 cm³/mol. The Labute approximate surface area is 250 Å². The first-order valence-corrected chi connectivity index (χ1v) is 15.7. The third-order valence-corrected chi connectivity index (χ3v) is 9.94. The van der Waals surface area contributed by atoms with Crippen LogP contribution >= 0.6 is 35.6 Å². The molecule has 0 saturated carbocycles. The van der Waals surface area contributed by atoms with Gasteiger partial charge >= 0.3 is 0 Å². The van der Waals surface area contributed by atoms with Crippen molar-refractivity contribution in [1.29, 1.82) is 0 Å². The number of nitrogens with zero attached hydrogens (tertiary/aromatic N) is 2. The maximum absolute atomic E-state index is 13.3. The van der Waals surface area contributed by atoms with E-state index >= 15 is 0 Å². The molecule has 3 aromatic carbocycles. The Morgan fingerprint density at radius 3 is 2.28 bits per heavy atom. The fourth-order valence-electron chi connectivity index (χ4n) is 6.29. The Morgan fingerprint density at radius 2 is 1.62 bits per heavy atom. The highest BCUT2D eigenvalue weighted by Gasteiger charge is 2.41. The molecule has 0 radical (unpaired) electrons. The van der Waals surface area contributed by atoms with Gasteiger partial charge in [-0.1, -0.05) is 65.7 Å². The first kappa shape index (κ1) is 30.1. The van der Waals surface area contributed by atoms with Gasteiger partial charge in [0.05, 0.1) is 26.9 Å². The van der Waals surface area contributed by atoms with Gasteiger partial charge in [0.2, 0.25) is 0 Å². The second-order valence-corrected chi connectivity index (χ2v) is 12.5. The quantitative estimate of drug-likeness (QED) is 0.264. The summed E-state index contributed by atoms with van der Waals surface area (Å²) in [5.74, 6) is 0.636. The Kier molecular flexibility index (Phi) is 10.2. The zero-order valence-electron chi connectivity index (χ0n) is 22.3. The molecule has 39 heavy (non-hydrogen) atoms. The van der Waals surface area contributed by atoms with Crippen LogP contribution in [0.15, 0.2) is 71.6 Å². The third-order valence-electron chi connectivity index (χ3n) is 8.21. The summed E-state index contributed by atoms with van der Waals surface area (Å²) in [5, 5.41) is 1.09. The minimum absolute atomic E-state index is 0. The highest BCUT2D eigenvalue weighted by molar-refractivity contribution is 7.84. The molecule has 5 rings (SSSR count). The number of carbonyl (C=O) groups excluding carboxylic acids is 1. The van der Waals surface area contributed by atoms with E-state index in [0.29, 0.717) is 22.5 Å². The molecule has 2 heterocycles. The SMILES string of the molecule is CCN1C(=O)c2ccccc2[C@H]1[C@@H](CCN1CCC(c2ccccc2S(C)=O)CC1)c1ccc(Cl)c(Cl)c1.Cl. The van der Waals surface area contributed by atoms with E-state index in [2.05, 4.69) is 36.1 Å². The van der Waals surface area contributed by atoms with E-state index < -0.39 is 10.8 Å². The third kappa shape index (κ3) is 6.23. The maximum Gasteiger partial charge on any atom is 0.254 e.